The highest BCUT2D eigenvalue weighted by molar-refractivity contribution is 5.78. The predicted octanol–water partition coefficient (Wildman–Crippen LogP) is 4.65. The molecular weight excluding hydrogens is 260 g/mol. The molecule has 0 aromatic carbocycles. The first-order valence-electron chi connectivity index (χ1n) is 8.80. The summed E-state index contributed by atoms with van der Waals surface area (Å²) in [5.41, 5.74) is 0. The van der Waals surface area contributed by atoms with Crippen LogP contribution in [0.25, 0.3) is 0 Å². The van der Waals surface area contributed by atoms with Gasteiger partial charge in [-0.15, -0.1) is 0 Å². The van der Waals surface area contributed by atoms with E-state index >= 15 is 0 Å². The van der Waals surface area contributed by atoms with Gasteiger partial charge in [0, 0.05) is 0 Å². The molecule has 0 bridgehead atoms. The number of aryl methyl sites for hydroxylation is 1. The summed E-state index contributed by atoms with van der Waals surface area (Å²) >= 11 is 0. The Bertz CT molecular complexity index is 384. The van der Waals surface area contributed by atoms with Crippen molar-refractivity contribution in [1.29, 1.82) is 0 Å². The number of rotatable bonds is 12. The topological polar surface area (TPSA) is 25.9 Å². The zero-order chi connectivity index (χ0) is 15.3. The summed E-state index contributed by atoms with van der Waals surface area (Å²) in [6.45, 7) is 2.26. The van der Waals surface area contributed by atoms with Crippen LogP contribution in [0.1, 0.15) is 88.8 Å². The van der Waals surface area contributed by atoms with Crippen molar-refractivity contribution in [3.63, 3.8) is 0 Å². The minimum absolute atomic E-state index is 0.214. The Hall–Kier alpha value is -1.12. The molecule has 1 heterocycles. The second-order valence-electron chi connectivity index (χ2n) is 6.17. The fourth-order valence-corrected chi connectivity index (χ4v) is 2.67. The fourth-order valence-electron chi connectivity index (χ4n) is 2.67. The first kappa shape index (κ1) is 17.9. The molecule has 0 unspecified atom stereocenters. The maximum Gasteiger partial charge on any atom is 0.313 e. The van der Waals surface area contributed by atoms with Crippen LogP contribution >= 0.6 is 0 Å². The van der Waals surface area contributed by atoms with Gasteiger partial charge >= 0.3 is 5.91 Å². The van der Waals surface area contributed by atoms with Gasteiger partial charge in [-0.25, -0.2) is 9.36 Å². The van der Waals surface area contributed by atoms with Gasteiger partial charge in [0.15, 0.2) is 0 Å². The van der Waals surface area contributed by atoms with Crippen LogP contribution in [0, 0.1) is 0 Å². The van der Waals surface area contributed by atoms with E-state index in [0.29, 0.717) is 6.42 Å². The highest BCUT2D eigenvalue weighted by Gasteiger charge is 2.10. The Kier molecular flexibility index (Phi) is 9.84. The van der Waals surface area contributed by atoms with Crippen molar-refractivity contribution in [2.24, 2.45) is 7.05 Å². The highest BCUT2D eigenvalue weighted by Crippen LogP contribution is 2.12. The molecule has 0 N–H and O–H groups in total. The lowest BCUT2D eigenvalue weighted by atomic mass is 10.1. The van der Waals surface area contributed by atoms with Gasteiger partial charge in [-0.05, 0) is 6.42 Å². The Morgan fingerprint density at radius 2 is 1.43 bits per heavy atom. The molecule has 1 rings (SSSR count). The van der Waals surface area contributed by atoms with Crippen molar-refractivity contribution in [1.82, 2.24) is 4.57 Å². The van der Waals surface area contributed by atoms with Crippen molar-refractivity contribution in [3.8, 4) is 0 Å². The normalized spacial score (nSPS) is 11.0. The highest BCUT2D eigenvalue weighted by atomic mass is 16.2. The lowest BCUT2D eigenvalue weighted by Gasteiger charge is -2.02. The van der Waals surface area contributed by atoms with E-state index in [1.807, 2.05) is 30.3 Å². The molecular formula is C18H33N2O+. The maximum absolute atomic E-state index is 11.9. The van der Waals surface area contributed by atoms with E-state index in [2.05, 4.69) is 6.92 Å². The molecule has 3 heteroatoms. The Balaban J connectivity index is 1.87. The number of carbonyl (C=O) groups is 1. The number of carbonyl (C=O) groups excluding carboxylic acids is 1. The fraction of sp³-hybridized carbons (Fsp3) is 0.778. The molecule has 1 aromatic heterocycles. The molecule has 0 spiro atoms. The van der Waals surface area contributed by atoms with Crippen LogP contribution in [0.15, 0.2) is 18.7 Å². The molecule has 0 saturated heterocycles. The molecule has 0 saturated carbocycles. The van der Waals surface area contributed by atoms with E-state index in [0.717, 1.165) is 6.42 Å². The van der Waals surface area contributed by atoms with Crippen LogP contribution in [-0.4, -0.2) is 10.5 Å². The second-order valence-corrected chi connectivity index (χ2v) is 6.17. The van der Waals surface area contributed by atoms with Crippen LogP contribution < -0.4 is 4.57 Å². The Morgan fingerprint density at radius 1 is 0.905 bits per heavy atom. The summed E-state index contributed by atoms with van der Waals surface area (Å²) in [6.07, 6.45) is 20.8. The molecule has 0 aliphatic heterocycles. The largest absolute Gasteiger partial charge is 0.313 e. The molecule has 0 radical (unpaired) electrons. The Morgan fingerprint density at radius 3 is 1.90 bits per heavy atom. The number of nitrogens with zero attached hydrogens (tertiary/aromatic N) is 2. The van der Waals surface area contributed by atoms with Gasteiger partial charge in [-0.3, -0.25) is 0 Å². The van der Waals surface area contributed by atoms with E-state index < -0.39 is 0 Å². The zero-order valence-corrected chi connectivity index (χ0v) is 14.0. The first-order chi connectivity index (χ1) is 10.2. The quantitative estimate of drug-likeness (QED) is 0.407. The molecule has 0 amide bonds. The third-order valence-electron chi connectivity index (χ3n) is 4.05. The van der Waals surface area contributed by atoms with Crippen LogP contribution in [-0.2, 0) is 7.05 Å². The van der Waals surface area contributed by atoms with Crippen LogP contribution in [0.4, 0.5) is 0 Å². The van der Waals surface area contributed by atoms with Gasteiger partial charge < -0.3 is 0 Å². The standard InChI is InChI=1S/C18H33N2O/c1-3-4-5-6-7-8-9-10-11-12-13-14-18(21)20-16-15-19(2)17-20/h15-17H,3-14H2,1-2H3/q+1. The summed E-state index contributed by atoms with van der Waals surface area (Å²) < 4.78 is 3.59. The average molecular weight is 293 g/mol. The van der Waals surface area contributed by atoms with Gasteiger partial charge in [-0.2, -0.15) is 4.57 Å². The maximum atomic E-state index is 11.9. The third-order valence-corrected chi connectivity index (χ3v) is 4.05. The summed E-state index contributed by atoms with van der Waals surface area (Å²) in [7, 11) is 1.94. The summed E-state index contributed by atoms with van der Waals surface area (Å²) in [4.78, 5) is 11.9. The number of hydrogen-bond donors (Lipinski definition) is 0. The number of aromatic nitrogens is 2. The van der Waals surface area contributed by atoms with E-state index in [1.54, 1.807) is 4.57 Å². The third kappa shape index (κ3) is 8.69. The van der Waals surface area contributed by atoms with E-state index in [-0.39, 0.29) is 5.91 Å². The van der Waals surface area contributed by atoms with Crippen molar-refractivity contribution in [2.75, 3.05) is 0 Å². The first-order valence-corrected chi connectivity index (χ1v) is 8.80. The molecule has 0 aliphatic carbocycles. The van der Waals surface area contributed by atoms with E-state index in [4.69, 9.17) is 0 Å². The molecule has 120 valence electrons. The van der Waals surface area contributed by atoms with Crippen molar-refractivity contribution in [2.45, 2.75) is 84.0 Å². The summed E-state index contributed by atoms with van der Waals surface area (Å²) in [5.74, 6) is 0.214. The number of hydrogen-bond acceptors (Lipinski definition) is 1. The summed E-state index contributed by atoms with van der Waals surface area (Å²) in [6, 6.07) is 0. The summed E-state index contributed by atoms with van der Waals surface area (Å²) in [5, 5.41) is 0. The average Bonchev–Trinajstić information content (AvgIpc) is 2.91. The molecule has 0 atom stereocenters. The minimum atomic E-state index is 0.214. The van der Waals surface area contributed by atoms with E-state index in [9.17, 15) is 4.79 Å². The second kappa shape index (κ2) is 11.5. The van der Waals surface area contributed by atoms with Gasteiger partial charge in [0.2, 0.25) is 0 Å². The molecule has 3 nitrogen and oxygen atoms in total. The van der Waals surface area contributed by atoms with Crippen molar-refractivity contribution >= 4 is 5.91 Å². The van der Waals surface area contributed by atoms with Crippen molar-refractivity contribution < 1.29 is 9.36 Å². The molecule has 0 fully saturated rings. The van der Waals surface area contributed by atoms with Crippen LogP contribution in [0.5, 0.6) is 0 Å². The monoisotopic (exact) mass is 293 g/mol. The van der Waals surface area contributed by atoms with E-state index in [1.165, 1.54) is 64.2 Å². The molecule has 1 aromatic rings. The molecule has 0 aliphatic rings. The Labute approximate surface area is 130 Å². The number of unbranched alkanes of at least 4 members (excludes halogenated alkanes) is 10. The van der Waals surface area contributed by atoms with Crippen LogP contribution in [0.2, 0.25) is 0 Å². The zero-order valence-electron chi connectivity index (χ0n) is 14.0. The van der Waals surface area contributed by atoms with Crippen molar-refractivity contribution in [3.05, 3.63) is 18.7 Å². The SMILES string of the molecule is CCCCCCCCCCCCCC(=O)n1cc[n+](C)c1. The lowest BCUT2D eigenvalue weighted by Crippen LogP contribution is -2.24. The number of imidazole rings is 1. The smallest absolute Gasteiger partial charge is 0.246 e. The van der Waals surface area contributed by atoms with Gasteiger partial charge in [-0.1, -0.05) is 71.1 Å². The minimum Gasteiger partial charge on any atom is -0.246 e. The molecule has 21 heavy (non-hydrogen) atoms. The van der Waals surface area contributed by atoms with Gasteiger partial charge in [0.25, 0.3) is 6.33 Å². The van der Waals surface area contributed by atoms with Gasteiger partial charge in [0.05, 0.1) is 13.5 Å². The van der Waals surface area contributed by atoms with Crippen LogP contribution in [0.3, 0.4) is 0 Å². The lowest BCUT2D eigenvalue weighted by molar-refractivity contribution is -0.670. The predicted molar refractivity (Wildman–Crippen MR) is 87.3 cm³/mol. The van der Waals surface area contributed by atoms with Gasteiger partial charge in [0.1, 0.15) is 12.4 Å².